The number of anilines is 2. The van der Waals surface area contributed by atoms with Gasteiger partial charge in [0.2, 0.25) is 5.91 Å². The van der Waals surface area contributed by atoms with E-state index < -0.39 is 33.2 Å². The second kappa shape index (κ2) is 8.65. The number of hydrogen-bond acceptors (Lipinski definition) is 5. The first-order valence-electron chi connectivity index (χ1n) is 9.19. The van der Waals surface area contributed by atoms with Crippen LogP contribution in [0.25, 0.3) is 0 Å². The van der Waals surface area contributed by atoms with Gasteiger partial charge in [-0.1, -0.05) is 17.7 Å². The van der Waals surface area contributed by atoms with Gasteiger partial charge in [0.05, 0.1) is 35.0 Å². The van der Waals surface area contributed by atoms with Crippen LogP contribution < -0.4 is 10.2 Å². The van der Waals surface area contributed by atoms with E-state index in [1.807, 2.05) is 0 Å². The van der Waals surface area contributed by atoms with E-state index >= 15 is 0 Å². The summed E-state index contributed by atoms with van der Waals surface area (Å²) in [5.74, 6) is -1.79. The van der Waals surface area contributed by atoms with Gasteiger partial charge in [-0.25, -0.2) is 8.42 Å². The summed E-state index contributed by atoms with van der Waals surface area (Å²) in [6.45, 7) is 3.47. The van der Waals surface area contributed by atoms with Crippen LogP contribution in [0.4, 0.5) is 24.5 Å². The molecule has 0 saturated carbocycles. The summed E-state index contributed by atoms with van der Waals surface area (Å²) >= 11 is 0. The number of amides is 1. The maximum absolute atomic E-state index is 13.2. The van der Waals surface area contributed by atoms with Gasteiger partial charge in [0.15, 0.2) is 9.84 Å². The summed E-state index contributed by atoms with van der Waals surface area (Å²) in [6, 6.07) is 9.02. The van der Waals surface area contributed by atoms with Crippen LogP contribution in [-0.2, 0) is 25.5 Å². The highest BCUT2D eigenvalue weighted by molar-refractivity contribution is 7.92. The lowest BCUT2D eigenvalue weighted by molar-refractivity contribution is -0.137. The summed E-state index contributed by atoms with van der Waals surface area (Å²) in [6.07, 6.45) is -4.60. The molecule has 1 fully saturated rings. The Labute approximate surface area is 172 Å². The van der Waals surface area contributed by atoms with Crippen molar-refractivity contribution >= 4 is 27.1 Å². The summed E-state index contributed by atoms with van der Waals surface area (Å²) < 4.78 is 69.7. The number of ether oxygens (including phenoxy) is 1. The lowest BCUT2D eigenvalue weighted by Crippen LogP contribution is -2.37. The number of sulfone groups is 1. The third kappa shape index (κ3) is 5.31. The zero-order valence-corrected chi connectivity index (χ0v) is 17.0. The van der Waals surface area contributed by atoms with Crippen LogP contribution in [0, 0.1) is 6.92 Å². The normalized spacial score (nSPS) is 15.1. The van der Waals surface area contributed by atoms with Crippen molar-refractivity contribution in [3.8, 4) is 0 Å². The minimum atomic E-state index is -4.60. The van der Waals surface area contributed by atoms with Gasteiger partial charge in [-0.2, -0.15) is 13.2 Å². The molecule has 1 N–H and O–H groups in total. The number of alkyl halides is 3. The lowest BCUT2D eigenvalue weighted by atomic mass is 10.1. The fraction of sp³-hybridized carbons (Fsp3) is 0.350. The zero-order valence-electron chi connectivity index (χ0n) is 16.2. The molecule has 1 aliphatic heterocycles. The summed E-state index contributed by atoms with van der Waals surface area (Å²) in [5, 5.41) is 2.36. The highest BCUT2D eigenvalue weighted by atomic mass is 32.2. The minimum absolute atomic E-state index is 0.0271. The van der Waals surface area contributed by atoms with Crippen molar-refractivity contribution < 1.29 is 31.1 Å². The monoisotopic (exact) mass is 442 g/mol. The topological polar surface area (TPSA) is 75.7 Å². The van der Waals surface area contributed by atoms with Gasteiger partial charge in [-0.15, -0.1) is 0 Å². The van der Waals surface area contributed by atoms with Crippen LogP contribution >= 0.6 is 0 Å². The first-order valence-corrected chi connectivity index (χ1v) is 10.8. The summed E-state index contributed by atoms with van der Waals surface area (Å²) in [5.41, 5.74) is 0.219. The van der Waals surface area contributed by atoms with Crippen LogP contribution in [-0.4, -0.2) is 46.4 Å². The average Bonchev–Trinajstić information content (AvgIpc) is 2.68. The molecule has 2 aromatic carbocycles. The molecule has 2 aromatic rings. The predicted octanol–water partition coefficient (Wildman–Crippen LogP) is 3.26. The number of aryl methyl sites for hydroxylation is 1. The van der Waals surface area contributed by atoms with Crippen molar-refractivity contribution in [1.82, 2.24) is 0 Å². The van der Waals surface area contributed by atoms with Crippen LogP contribution in [0.2, 0.25) is 0 Å². The van der Waals surface area contributed by atoms with E-state index in [0.29, 0.717) is 32.0 Å². The van der Waals surface area contributed by atoms with E-state index in [1.54, 1.807) is 24.0 Å². The number of carbonyl (C=O) groups is 1. The van der Waals surface area contributed by atoms with Crippen LogP contribution in [0.1, 0.15) is 11.1 Å². The van der Waals surface area contributed by atoms with Gasteiger partial charge in [0.25, 0.3) is 0 Å². The molecule has 1 heterocycles. The first-order chi connectivity index (χ1) is 14.1. The molecule has 0 unspecified atom stereocenters. The Hall–Kier alpha value is -2.59. The lowest BCUT2D eigenvalue weighted by Gasteiger charge is -2.31. The molecule has 162 valence electrons. The Balaban J connectivity index is 1.85. The maximum atomic E-state index is 13.2. The number of rotatable bonds is 5. The SMILES string of the molecule is Cc1ccc(S(=O)(=O)CC(=O)Nc2cc(C(F)(F)F)ccc2N2CCOCC2)cc1. The smallest absolute Gasteiger partial charge is 0.378 e. The Kier molecular flexibility index (Phi) is 6.37. The molecule has 3 rings (SSSR count). The highest BCUT2D eigenvalue weighted by Gasteiger charge is 2.32. The second-order valence-corrected chi connectivity index (χ2v) is 8.94. The van der Waals surface area contributed by atoms with E-state index in [-0.39, 0.29) is 10.6 Å². The second-order valence-electron chi connectivity index (χ2n) is 6.95. The minimum Gasteiger partial charge on any atom is -0.378 e. The van der Waals surface area contributed by atoms with Gasteiger partial charge >= 0.3 is 6.18 Å². The third-order valence-electron chi connectivity index (χ3n) is 4.65. The molecule has 6 nitrogen and oxygen atoms in total. The largest absolute Gasteiger partial charge is 0.416 e. The molecule has 0 atom stereocenters. The van der Waals surface area contributed by atoms with E-state index in [1.165, 1.54) is 18.2 Å². The quantitative estimate of drug-likeness (QED) is 0.769. The van der Waals surface area contributed by atoms with E-state index in [2.05, 4.69) is 5.32 Å². The molecule has 0 aliphatic carbocycles. The molecule has 1 saturated heterocycles. The van der Waals surface area contributed by atoms with Gasteiger partial charge in [-0.3, -0.25) is 4.79 Å². The summed E-state index contributed by atoms with van der Waals surface area (Å²) in [7, 11) is -3.94. The van der Waals surface area contributed by atoms with Crippen LogP contribution in [0.3, 0.4) is 0 Å². The van der Waals surface area contributed by atoms with Crippen molar-refractivity contribution in [3.63, 3.8) is 0 Å². The highest BCUT2D eigenvalue weighted by Crippen LogP contribution is 2.35. The molecule has 0 radical (unpaired) electrons. The molecule has 0 bridgehead atoms. The molecular formula is C20H21F3N2O4S. The number of benzene rings is 2. The molecule has 0 aromatic heterocycles. The number of carbonyl (C=O) groups excluding carboxylic acids is 1. The molecular weight excluding hydrogens is 421 g/mol. The van der Waals surface area contributed by atoms with E-state index in [0.717, 1.165) is 17.7 Å². The fourth-order valence-electron chi connectivity index (χ4n) is 3.08. The van der Waals surface area contributed by atoms with Gasteiger partial charge in [0, 0.05) is 13.1 Å². The van der Waals surface area contributed by atoms with E-state index in [9.17, 15) is 26.4 Å². The van der Waals surface area contributed by atoms with Crippen LogP contribution in [0.5, 0.6) is 0 Å². The average molecular weight is 442 g/mol. The standard InChI is InChI=1S/C20H21F3N2O4S/c1-14-2-5-16(6-3-14)30(27,28)13-19(26)24-17-12-15(20(21,22)23)4-7-18(17)25-8-10-29-11-9-25/h2-7,12H,8-11,13H2,1H3,(H,24,26). The Morgan fingerprint density at radius 3 is 2.33 bits per heavy atom. The predicted molar refractivity (Wildman–Crippen MR) is 106 cm³/mol. The number of hydrogen-bond donors (Lipinski definition) is 1. The number of nitrogens with zero attached hydrogens (tertiary/aromatic N) is 1. The molecule has 10 heteroatoms. The van der Waals surface area contributed by atoms with Crippen molar-refractivity contribution in [2.75, 3.05) is 42.3 Å². The van der Waals surface area contributed by atoms with Crippen LogP contribution in [0.15, 0.2) is 47.4 Å². The zero-order chi connectivity index (χ0) is 21.9. The fourth-order valence-corrected chi connectivity index (χ4v) is 4.22. The van der Waals surface area contributed by atoms with Crippen molar-refractivity contribution in [2.45, 2.75) is 18.0 Å². The Morgan fingerprint density at radius 2 is 1.73 bits per heavy atom. The molecule has 0 spiro atoms. The van der Waals surface area contributed by atoms with Crippen molar-refractivity contribution in [3.05, 3.63) is 53.6 Å². The maximum Gasteiger partial charge on any atom is 0.416 e. The first kappa shape index (κ1) is 22.1. The van der Waals surface area contributed by atoms with Gasteiger partial charge in [0.1, 0.15) is 5.75 Å². The number of halogens is 3. The Bertz CT molecular complexity index is 1020. The molecule has 1 amide bonds. The van der Waals surface area contributed by atoms with Gasteiger partial charge < -0.3 is 15.0 Å². The third-order valence-corrected chi connectivity index (χ3v) is 6.28. The van der Waals surface area contributed by atoms with E-state index in [4.69, 9.17) is 4.74 Å². The molecule has 30 heavy (non-hydrogen) atoms. The summed E-state index contributed by atoms with van der Waals surface area (Å²) in [4.78, 5) is 14.2. The van der Waals surface area contributed by atoms with Crippen molar-refractivity contribution in [2.24, 2.45) is 0 Å². The van der Waals surface area contributed by atoms with Gasteiger partial charge in [-0.05, 0) is 37.3 Å². The molecule has 1 aliphatic rings. The number of morpholine rings is 1. The Morgan fingerprint density at radius 1 is 1.10 bits per heavy atom. The van der Waals surface area contributed by atoms with Crippen molar-refractivity contribution in [1.29, 1.82) is 0 Å². The number of nitrogens with one attached hydrogen (secondary N) is 1.